The molecule has 2 aromatic heterocycles. The van der Waals surface area contributed by atoms with Crippen LogP contribution >= 0.6 is 11.3 Å². The first kappa shape index (κ1) is 18.0. The van der Waals surface area contributed by atoms with Gasteiger partial charge in [0.05, 0.1) is 26.0 Å². The topological polar surface area (TPSA) is 64.5 Å². The van der Waals surface area contributed by atoms with Crippen molar-refractivity contribution in [1.82, 2.24) is 9.97 Å². The molecule has 0 aliphatic heterocycles. The van der Waals surface area contributed by atoms with Crippen molar-refractivity contribution in [2.75, 3.05) is 32.3 Å². The molecule has 0 aliphatic rings. The molecule has 0 saturated carbocycles. The van der Waals surface area contributed by atoms with E-state index in [9.17, 15) is 4.79 Å². The summed E-state index contributed by atoms with van der Waals surface area (Å²) < 4.78 is 10.3. The first-order valence-electron chi connectivity index (χ1n) is 8.03. The lowest BCUT2D eigenvalue weighted by Crippen LogP contribution is -2.33. The number of carbonyl (C=O) groups excluding carboxylic acids is 1. The van der Waals surface area contributed by atoms with Crippen molar-refractivity contribution in [1.29, 1.82) is 0 Å². The van der Waals surface area contributed by atoms with Crippen LogP contribution in [-0.2, 0) is 4.74 Å². The van der Waals surface area contributed by atoms with Crippen molar-refractivity contribution >= 4 is 22.4 Å². The van der Waals surface area contributed by atoms with Crippen LogP contribution in [0.1, 0.15) is 10.4 Å². The largest absolute Gasteiger partial charge is 0.497 e. The molecule has 2 heterocycles. The van der Waals surface area contributed by atoms with Crippen LogP contribution in [-0.4, -0.2) is 43.2 Å². The van der Waals surface area contributed by atoms with Gasteiger partial charge in [0.2, 0.25) is 0 Å². The summed E-state index contributed by atoms with van der Waals surface area (Å²) in [5.41, 5.74) is 2.35. The highest BCUT2D eigenvalue weighted by molar-refractivity contribution is 7.14. The molecular weight excluding hydrogens is 350 g/mol. The first-order valence-corrected chi connectivity index (χ1v) is 8.91. The molecule has 1 amide bonds. The van der Waals surface area contributed by atoms with Gasteiger partial charge in [0, 0.05) is 36.0 Å². The van der Waals surface area contributed by atoms with Crippen LogP contribution in [0, 0.1) is 0 Å². The molecular formula is C19H19N3O3S. The van der Waals surface area contributed by atoms with Gasteiger partial charge >= 0.3 is 0 Å². The summed E-state index contributed by atoms with van der Waals surface area (Å²) in [7, 11) is 3.24. The zero-order valence-corrected chi connectivity index (χ0v) is 15.4. The first-order chi connectivity index (χ1) is 12.7. The smallest absolute Gasteiger partial charge is 0.260 e. The lowest BCUT2D eigenvalue weighted by Gasteiger charge is -2.19. The third-order valence-electron chi connectivity index (χ3n) is 3.80. The number of nitrogens with zero attached hydrogens (tertiary/aromatic N) is 3. The molecule has 0 unspecified atom stereocenters. The molecule has 0 radical (unpaired) electrons. The predicted octanol–water partition coefficient (Wildman–Crippen LogP) is 3.51. The van der Waals surface area contributed by atoms with E-state index in [0.717, 1.165) is 17.0 Å². The maximum Gasteiger partial charge on any atom is 0.260 e. The lowest BCUT2D eigenvalue weighted by atomic mass is 10.2. The molecule has 6 nitrogen and oxygen atoms in total. The van der Waals surface area contributed by atoms with Crippen molar-refractivity contribution < 1.29 is 14.3 Å². The van der Waals surface area contributed by atoms with Crippen molar-refractivity contribution in [2.24, 2.45) is 0 Å². The van der Waals surface area contributed by atoms with E-state index >= 15 is 0 Å². The van der Waals surface area contributed by atoms with Crippen LogP contribution in [0.5, 0.6) is 5.75 Å². The van der Waals surface area contributed by atoms with E-state index in [4.69, 9.17) is 9.47 Å². The zero-order valence-electron chi connectivity index (χ0n) is 14.6. The summed E-state index contributed by atoms with van der Waals surface area (Å²) >= 11 is 1.43. The number of hydrogen-bond acceptors (Lipinski definition) is 6. The monoisotopic (exact) mass is 369 g/mol. The standard InChI is InChI=1S/C19H19N3O3S/c1-24-12-11-22(18(23)15-7-9-20-10-8-15)19-21-17(13-26-19)14-3-5-16(25-2)6-4-14/h3-10,13H,11-12H2,1-2H3. The summed E-state index contributed by atoms with van der Waals surface area (Å²) in [6, 6.07) is 11.1. The summed E-state index contributed by atoms with van der Waals surface area (Å²) in [5.74, 6) is 0.666. The fraction of sp³-hybridized carbons (Fsp3) is 0.211. The number of methoxy groups -OCH3 is 2. The minimum atomic E-state index is -0.125. The van der Waals surface area contributed by atoms with E-state index in [2.05, 4.69) is 9.97 Å². The molecule has 0 N–H and O–H groups in total. The molecule has 7 heteroatoms. The number of rotatable bonds is 7. The van der Waals surface area contributed by atoms with Gasteiger partial charge in [-0.2, -0.15) is 0 Å². The number of aromatic nitrogens is 2. The second-order valence-corrected chi connectivity index (χ2v) is 6.27. The number of amides is 1. The third kappa shape index (κ3) is 4.07. The van der Waals surface area contributed by atoms with Crippen LogP contribution in [0.4, 0.5) is 5.13 Å². The highest BCUT2D eigenvalue weighted by Crippen LogP contribution is 2.29. The Balaban J connectivity index is 1.87. The van der Waals surface area contributed by atoms with E-state index in [0.29, 0.717) is 23.8 Å². The van der Waals surface area contributed by atoms with E-state index in [1.807, 2.05) is 29.6 Å². The highest BCUT2D eigenvalue weighted by Gasteiger charge is 2.20. The van der Waals surface area contributed by atoms with Gasteiger partial charge in [0.25, 0.3) is 5.91 Å². The van der Waals surface area contributed by atoms with Gasteiger partial charge in [-0.05, 0) is 36.4 Å². The Labute approximate surface area is 156 Å². The van der Waals surface area contributed by atoms with Gasteiger partial charge in [-0.25, -0.2) is 4.98 Å². The van der Waals surface area contributed by atoms with Gasteiger partial charge in [0.15, 0.2) is 5.13 Å². The van der Waals surface area contributed by atoms with Gasteiger partial charge in [-0.15, -0.1) is 11.3 Å². The Morgan fingerprint density at radius 2 is 1.85 bits per heavy atom. The molecule has 0 spiro atoms. The second kappa shape index (κ2) is 8.55. The number of pyridine rings is 1. The van der Waals surface area contributed by atoms with Crippen LogP contribution in [0.25, 0.3) is 11.3 Å². The van der Waals surface area contributed by atoms with Gasteiger partial charge in [-0.3, -0.25) is 14.7 Å². The summed E-state index contributed by atoms with van der Waals surface area (Å²) in [5, 5.41) is 2.58. The Hall–Kier alpha value is -2.77. The summed E-state index contributed by atoms with van der Waals surface area (Å²) in [4.78, 5) is 23.1. The number of thiazole rings is 1. The fourth-order valence-corrected chi connectivity index (χ4v) is 3.26. The average Bonchev–Trinajstić information content (AvgIpc) is 3.19. The van der Waals surface area contributed by atoms with E-state index < -0.39 is 0 Å². The third-order valence-corrected chi connectivity index (χ3v) is 4.66. The van der Waals surface area contributed by atoms with Crippen LogP contribution < -0.4 is 9.64 Å². The Morgan fingerprint density at radius 1 is 1.12 bits per heavy atom. The second-order valence-electron chi connectivity index (χ2n) is 5.43. The zero-order chi connectivity index (χ0) is 18.4. The van der Waals surface area contributed by atoms with Crippen LogP contribution in [0.2, 0.25) is 0 Å². The number of ether oxygens (including phenoxy) is 2. The molecule has 134 valence electrons. The molecule has 3 rings (SSSR count). The lowest BCUT2D eigenvalue weighted by molar-refractivity contribution is 0.0976. The average molecular weight is 369 g/mol. The number of anilines is 1. The van der Waals surface area contributed by atoms with E-state index in [1.165, 1.54) is 11.3 Å². The summed E-state index contributed by atoms with van der Waals surface area (Å²) in [6.45, 7) is 0.849. The SMILES string of the molecule is COCCN(C(=O)c1ccncc1)c1nc(-c2ccc(OC)cc2)cs1. The number of hydrogen-bond donors (Lipinski definition) is 0. The molecule has 26 heavy (non-hydrogen) atoms. The maximum atomic E-state index is 12.9. The fourth-order valence-electron chi connectivity index (χ4n) is 2.40. The van der Waals surface area contributed by atoms with Crippen molar-refractivity contribution in [3.8, 4) is 17.0 Å². The predicted molar refractivity (Wildman–Crippen MR) is 102 cm³/mol. The molecule has 0 fully saturated rings. The molecule has 0 atom stereocenters. The Kier molecular flexibility index (Phi) is 5.93. The van der Waals surface area contributed by atoms with Crippen molar-refractivity contribution in [3.05, 3.63) is 59.7 Å². The minimum Gasteiger partial charge on any atom is -0.497 e. The Morgan fingerprint density at radius 3 is 2.50 bits per heavy atom. The number of benzene rings is 1. The molecule has 0 bridgehead atoms. The van der Waals surface area contributed by atoms with Gasteiger partial charge < -0.3 is 9.47 Å². The maximum absolute atomic E-state index is 12.9. The highest BCUT2D eigenvalue weighted by atomic mass is 32.1. The Bertz CT molecular complexity index is 850. The molecule has 0 saturated heterocycles. The molecule has 0 aliphatic carbocycles. The molecule has 1 aromatic carbocycles. The number of carbonyl (C=O) groups is 1. The summed E-state index contributed by atoms with van der Waals surface area (Å²) in [6.07, 6.45) is 3.21. The normalized spacial score (nSPS) is 10.5. The van der Waals surface area contributed by atoms with Gasteiger partial charge in [0.1, 0.15) is 5.75 Å². The van der Waals surface area contributed by atoms with E-state index in [1.54, 1.807) is 43.6 Å². The van der Waals surface area contributed by atoms with Crippen molar-refractivity contribution in [3.63, 3.8) is 0 Å². The molecule has 3 aromatic rings. The van der Waals surface area contributed by atoms with Crippen LogP contribution in [0.15, 0.2) is 54.2 Å². The van der Waals surface area contributed by atoms with E-state index in [-0.39, 0.29) is 5.91 Å². The van der Waals surface area contributed by atoms with Gasteiger partial charge in [-0.1, -0.05) is 0 Å². The van der Waals surface area contributed by atoms with Crippen LogP contribution in [0.3, 0.4) is 0 Å². The quantitative estimate of drug-likeness (QED) is 0.638. The minimum absolute atomic E-state index is 0.125. The van der Waals surface area contributed by atoms with Crippen molar-refractivity contribution in [2.45, 2.75) is 0 Å².